The largest absolute Gasteiger partial charge is 0.354 e. The zero-order valence-corrected chi connectivity index (χ0v) is 16.5. The van der Waals surface area contributed by atoms with E-state index in [-0.39, 0.29) is 18.2 Å². The van der Waals surface area contributed by atoms with Crippen LogP contribution in [0.3, 0.4) is 0 Å². The number of nitrogens with one attached hydrogen (secondary N) is 2. The highest BCUT2D eigenvalue weighted by Crippen LogP contribution is 2.25. The maximum absolute atomic E-state index is 13.0. The van der Waals surface area contributed by atoms with Gasteiger partial charge in [-0.2, -0.15) is 0 Å². The van der Waals surface area contributed by atoms with Gasteiger partial charge in [0.05, 0.1) is 0 Å². The van der Waals surface area contributed by atoms with Gasteiger partial charge in [-0.3, -0.25) is 19.6 Å². The topological polar surface area (TPSA) is 98.7 Å². The summed E-state index contributed by atoms with van der Waals surface area (Å²) in [5, 5.41) is 11.9. The minimum absolute atomic E-state index is 0.0394. The molecule has 1 saturated heterocycles. The molecule has 0 spiro atoms. The van der Waals surface area contributed by atoms with Gasteiger partial charge in [0.15, 0.2) is 0 Å². The smallest absolute Gasteiger partial charge is 0.244 e. The molecule has 3 amide bonds. The van der Waals surface area contributed by atoms with Crippen LogP contribution in [0.25, 0.3) is 0 Å². The van der Waals surface area contributed by atoms with Crippen LogP contribution >= 0.6 is 0 Å². The molecule has 3 N–H and O–H groups in total. The molecule has 2 aliphatic rings. The normalized spacial score (nSPS) is 21.7. The first-order valence-electron chi connectivity index (χ1n) is 10.6. The zero-order chi connectivity index (χ0) is 19.6. The molecule has 2 fully saturated rings. The van der Waals surface area contributed by atoms with Crippen LogP contribution in [0.5, 0.6) is 0 Å². The van der Waals surface area contributed by atoms with E-state index in [1.165, 1.54) is 32.1 Å². The van der Waals surface area contributed by atoms with Crippen molar-refractivity contribution in [1.82, 2.24) is 15.7 Å². The maximum Gasteiger partial charge on any atom is 0.244 e. The highest BCUT2D eigenvalue weighted by molar-refractivity contribution is 5.91. The average molecular weight is 382 g/mol. The first kappa shape index (κ1) is 21.7. The average Bonchev–Trinajstić information content (AvgIpc) is 3.19. The molecule has 2 rings (SSSR count). The molecule has 0 aromatic heterocycles. The van der Waals surface area contributed by atoms with E-state index in [1.807, 2.05) is 6.92 Å². The first-order chi connectivity index (χ1) is 13.1. The summed E-state index contributed by atoms with van der Waals surface area (Å²) in [6.07, 6.45) is 9.90. The van der Waals surface area contributed by atoms with Crippen LogP contribution in [0.2, 0.25) is 0 Å². The highest BCUT2D eigenvalue weighted by atomic mass is 16.5. The predicted molar refractivity (Wildman–Crippen MR) is 102 cm³/mol. The summed E-state index contributed by atoms with van der Waals surface area (Å²) in [5.41, 5.74) is 1.62. The lowest BCUT2D eigenvalue weighted by molar-refractivity contribution is -0.144. The van der Waals surface area contributed by atoms with Crippen molar-refractivity contribution in [3.05, 3.63) is 0 Å². The van der Waals surface area contributed by atoms with Gasteiger partial charge in [0.1, 0.15) is 6.04 Å². The van der Waals surface area contributed by atoms with Gasteiger partial charge in [-0.05, 0) is 38.0 Å². The van der Waals surface area contributed by atoms with E-state index in [0.29, 0.717) is 31.8 Å². The number of unbranched alkanes of at least 4 members (excludes halogenated alkanes) is 1. The van der Waals surface area contributed by atoms with Crippen LogP contribution in [0.15, 0.2) is 0 Å². The number of likely N-dealkylation sites (tertiary alicyclic amines) is 1. The summed E-state index contributed by atoms with van der Waals surface area (Å²) < 4.78 is 0. The Bertz CT molecular complexity index is 505. The van der Waals surface area contributed by atoms with E-state index >= 15 is 0 Å². The summed E-state index contributed by atoms with van der Waals surface area (Å²) in [5.74, 6) is -0.681. The van der Waals surface area contributed by atoms with Crippen LogP contribution < -0.4 is 10.8 Å². The molecule has 1 saturated carbocycles. The molecule has 0 unspecified atom stereocenters. The van der Waals surface area contributed by atoms with Gasteiger partial charge in [0, 0.05) is 25.4 Å². The van der Waals surface area contributed by atoms with E-state index in [0.717, 1.165) is 19.3 Å². The molecule has 0 aromatic rings. The molecule has 0 bridgehead atoms. The lowest BCUT2D eigenvalue weighted by Gasteiger charge is -2.29. The monoisotopic (exact) mass is 381 g/mol. The molecular weight excluding hydrogens is 346 g/mol. The molecule has 154 valence electrons. The molecular formula is C20H35N3O4. The molecule has 2 atom stereocenters. The van der Waals surface area contributed by atoms with Crippen LogP contribution in [0.1, 0.15) is 77.6 Å². The highest BCUT2D eigenvalue weighted by Gasteiger charge is 2.37. The summed E-state index contributed by atoms with van der Waals surface area (Å²) in [6, 6.07) is -0.428. The van der Waals surface area contributed by atoms with Crippen LogP contribution in [0, 0.1) is 11.8 Å². The minimum atomic E-state index is -0.554. The Morgan fingerprint density at radius 3 is 2.52 bits per heavy atom. The quantitative estimate of drug-likeness (QED) is 0.422. The second-order valence-corrected chi connectivity index (χ2v) is 8.02. The fourth-order valence-corrected chi connectivity index (χ4v) is 4.32. The van der Waals surface area contributed by atoms with E-state index in [2.05, 4.69) is 5.32 Å². The van der Waals surface area contributed by atoms with E-state index in [1.54, 1.807) is 10.4 Å². The van der Waals surface area contributed by atoms with Crippen molar-refractivity contribution in [2.75, 3.05) is 13.1 Å². The van der Waals surface area contributed by atoms with E-state index in [9.17, 15) is 14.4 Å². The van der Waals surface area contributed by atoms with Crippen LogP contribution in [-0.2, 0) is 14.4 Å². The van der Waals surface area contributed by atoms with E-state index < -0.39 is 17.9 Å². The molecule has 0 aromatic carbocycles. The van der Waals surface area contributed by atoms with Gasteiger partial charge in [-0.1, -0.05) is 39.0 Å². The van der Waals surface area contributed by atoms with Crippen molar-refractivity contribution in [2.45, 2.75) is 83.6 Å². The van der Waals surface area contributed by atoms with E-state index in [4.69, 9.17) is 5.21 Å². The maximum atomic E-state index is 13.0. The van der Waals surface area contributed by atoms with Crippen molar-refractivity contribution in [3.8, 4) is 0 Å². The van der Waals surface area contributed by atoms with Crippen LogP contribution in [0.4, 0.5) is 0 Å². The predicted octanol–water partition coefficient (Wildman–Crippen LogP) is 2.38. The van der Waals surface area contributed by atoms with Crippen LogP contribution in [-0.4, -0.2) is 47.0 Å². The van der Waals surface area contributed by atoms with Gasteiger partial charge in [-0.25, -0.2) is 5.48 Å². The van der Waals surface area contributed by atoms with Gasteiger partial charge >= 0.3 is 0 Å². The summed E-state index contributed by atoms with van der Waals surface area (Å²) in [6.45, 7) is 3.29. The first-order valence-corrected chi connectivity index (χ1v) is 10.6. The summed E-state index contributed by atoms with van der Waals surface area (Å²) in [4.78, 5) is 38.9. The SMILES string of the molecule is CCCC[C@H](CC(=O)NO)C(=O)N1CCC[C@H]1C(=O)NCC1CCCCC1. The standard InChI is InChI=1S/C20H35N3O4/c1-2-3-10-16(13-18(24)22-27)20(26)23-12-7-11-17(23)19(25)21-14-15-8-5-4-6-9-15/h15-17,27H,2-14H2,1H3,(H,21,25)(H,22,24)/t16-,17+/m1/s1. The Kier molecular flexibility index (Phi) is 9.04. The number of carbonyl (C=O) groups is 3. The number of hydrogen-bond donors (Lipinski definition) is 3. The Morgan fingerprint density at radius 1 is 1.11 bits per heavy atom. The number of hydroxylamine groups is 1. The van der Waals surface area contributed by atoms with Crippen molar-refractivity contribution in [3.63, 3.8) is 0 Å². The van der Waals surface area contributed by atoms with Gasteiger partial charge in [-0.15, -0.1) is 0 Å². The summed E-state index contributed by atoms with van der Waals surface area (Å²) in [7, 11) is 0. The lowest BCUT2D eigenvalue weighted by atomic mass is 9.89. The van der Waals surface area contributed by atoms with Crippen molar-refractivity contribution < 1.29 is 19.6 Å². The van der Waals surface area contributed by atoms with Crippen molar-refractivity contribution in [2.24, 2.45) is 11.8 Å². The van der Waals surface area contributed by atoms with Gasteiger partial charge in [0.25, 0.3) is 0 Å². The van der Waals surface area contributed by atoms with Gasteiger partial charge < -0.3 is 10.2 Å². The number of rotatable bonds is 9. The second-order valence-electron chi connectivity index (χ2n) is 8.02. The molecule has 1 aliphatic carbocycles. The Morgan fingerprint density at radius 2 is 1.85 bits per heavy atom. The second kappa shape index (κ2) is 11.3. The molecule has 7 nitrogen and oxygen atoms in total. The Balaban J connectivity index is 1.93. The zero-order valence-electron chi connectivity index (χ0n) is 16.5. The Labute approximate surface area is 162 Å². The Hall–Kier alpha value is -1.63. The number of nitrogens with zero attached hydrogens (tertiary/aromatic N) is 1. The van der Waals surface area contributed by atoms with Gasteiger partial charge in [0.2, 0.25) is 17.7 Å². The number of carbonyl (C=O) groups excluding carboxylic acids is 3. The third-order valence-electron chi connectivity index (χ3n) is 5.94. The number of hydrogen-bond acceptors (Lipinski definition) is 4. The molecule has 1 aliphatic heterocycles. The van der Waals surface area contributed by atoms with Crippen molar-refractivity contribution in [1.29, 1.82) is 0 Å². The summed E-state index contributed by atoms with van der Waals surface area (Å²) >= 11 is 0. The lowest BCUT2D eigenvalue weighted by Crippen LogP contribution is -2.49. The molecule has 1 heterocycles. The number of amides is 3. The fraction of sp³-hybridized carbons (Fsp3) is 0.850. The molecule has 27 heavy (non-hydrogen) atoms. The third kappa shape index (κ3) is 6.48. The minimum Gasteiger partial charge on any atom is -0.354 e. The third-order valence-corrected chi connectivity index (χ3v) is 5.94. The fourth-order valence-electron chi connectivity index (χ4n) is 4.32. The molecule has 7 heteroatoms. The van der Waals surface area contributed by atoms with Crippen molar-refractivity contribution >= 4 is 17.7 Å². The molecule has 0 radical (unpaired) electrons.